The number of nitrogens with zero attached hydrogens (tertiary/aromatic N) is 2. The second-order valence-electron chi connectivity index (χ2n) is 7.66. The van der Waals surface area contributed by atoms with Crippen LogP contribution in [0.1, 0.15) is 69.2 Å². The Hall–Kier alpha value is -2.68. The van der Waals surface area contributed by atoms with Crippen LogP contribution < -0.4 is 5.32 Å². The van der Waals surface area contributed by atoms with Gasteiger partial charge in [0.25, 0.3) is 5.91 Å². The first-order valence-electron chi connectivity index (χ1n) is 10.0. The fraction of sp³-hybridized carbons (Fsp3) is 0.524. The molecule has 1 aliphatic carbocycles. The molecule has 30 heavy (non-hydrogen) atoms. The third-order valence-electron chi connectivity index (χ3n) is 5.02. The second-order valence-corrected chi connectivity index (χ2v) is 8.77. The molecule has 0 spiro atoms. The molecule has 162 valence electrons. The standard InChI is InChI=1S/C21H27N3O5S/c1-11(2)29-21(27)18-14-8-6-7-9-15(14)30-19(18)22-16(25)10-28-20(26)17-12(3)23-24(5)13(17)4/h11H,6-10H2,1-5H3,(H,22,25). The molecule has 2 heterocycles. The summed E-state index contributed by atoms with van der Waals surface area (Å²) in [6.07, 6.45) is 3.47. The highest BCUT2D eigenvalue weighted by atomic mass is 32.1. The quantitative estimate of drug-likeness (QED) is 0.702. The van der Waals surface area contributed by atoms with Crippen LogP contribution in [-0.2, 0) is 34.2 Å². The molecule has 0 saturated carbocycles. The molecule has 1 N–H and O–H groups in total. The van der Waals surface area contributed by atoms with Gasteiger partial charge in [-0.15, -0.1) is 11.3 Å². The molecule has 3 rings (SSSR count). The van der Waals surface area contributed by atoms with Gasteiger partial charge in [-0.2, -0.15) is 5.10 Å². The SMILES string of the molecule is Cc1nn(C)c(C)c1C(=O)OCC(=O)Nc1sc2c(c1C(=O)OC(C)C)CCCC2. The number of aromatic nitrogens is 2. The van der Waals surface area contributed by atoms with Crippen LogP contribution >= 0.6 is 11.3 Å². The van der Waals surface area contributed by atoms with Crippen LogP contribution in [0.4, 0.5) is 5.00 Å². The van der Waals surface area contributed by atoms with Gasteiger partial charge in [0, 0.05) is 17.6 Å². The Balaban J connectivity index is 1.72. The molecule has 8 nitrogen and oxygen atoms in total. The normalized spacial score (nSPS) is 13.1. The maximum atomic E-state index is 12.7. The summed E-state index contributed by atoms with van der Waals surface area (Å²) in [6.45, 7) is 6.60. The van der Waals surface area contributed by atoms with Gasteiger partial charge in [0.15, 0.2) is 6.61 Å². The van der Waals surface area contributed by atoms with E-state index in [0.29, 0.717) is 27.5 Å². The van der Waals surface area contributed by atoms with Crippen molar-refractivity contribution in [3.63, 3.8) is 0 Å². The van der Waals surface area contributed by atoms with Crippen molar-refractivity contribution in [1.82, 2.24) is 9.78 Å². The first kappa shape index (κ1) is 22.0. The number of amides is 1. The Bertz CT molecular complexity index is 989. The molecule has 0 aromatic carbocycles. The largest absolute Gasteiger partial charge is 0.459 e. The van der Waals surface area contributed by atoms with Gasteiger partial charge in [-0.05, 0) is 58.9 Å². The van der Waals surface area contributed by atoms with E-state index < -0.39 is 24.5 Å². The third kappa shape index (κ3) is 4.56. The minimum absolute atomic E-state index is 0.257. The van der Waals surface area contributed by atoms with Crippen LogP contribution in [0, 0.1) is 13.8 Å². The molecular formula is C21H27N3O5S. The first-order chi connectivity index (χ1) is 14.2. The van der Waals surface area contributed by atoms with Crippen LogP contribution in [0.25, 0.3) is 0 Å². The van der Waals surface area contributed by atoms with Crippen molar-refractivity contribution >= 4 is 34.2 Å². The Morgan fingerprint density at radius 1 is 1.13 bits per heavy atom. The van der Waals surface area contributed by atoms with Crippen molar-refractivity contribution in [1.29, 1.82) is 0 Å². The lowest BCUT2D eigenvalue weighted by Gasteiger charge is -2.14. The number of esters is 2. The van der Waals surface area contributed by atoms with Crippen LogP contribution in [0.5, 0.6) is 0 Å². The third-order valence-corrected chi connectivity index (χ3v) is 6.23. The predicted octanol–water partition coefficient (Wildman–Crippen LogP) is 3.34. The van der Waals surface area contributed by atoms with E-state index in [0.717, 1.165) is 36.1 Å². The van der Waals surface area contributed by atoms with Gasteiger partial charge in [0.2, 0.25) is 0 Å². The molecular weight excluding hydrogens is 406 g/mol. The number of anilines is 1. The molecule has 9 heteroatoms. The Morgan fingerprint density at radius 2 is 1.83 bits per heavy atom. The highest BCUT2D eigenvalue weighted by Crippen LogP contribution is 2.38. The molecule has 0 atom stereocenters. The highest BCUT2D eigenvalue weighted by Gasteiger charge is 2.28. The number of aryl methyl sites for hydroxylation is 3. The maximum absolute atomic E-state index is 12.7. The summed E-state index contributed by atoms with van der Waals surface area (Å²) in [5.41, 5.74) is 2.97. The fourth-order valence-electron chi connectivity index (χ4n) is 3.58. The molecule has 1 amide bonds. The minimum Gasteiger partial charge on any atom is -0.459 e. The lowest BCUT2D eigenvalue weighted by atomic mass is 9.95. The van der Waals surface area contributed by atoms with Crippen molar-refractivity contribution in [2.24, 2.45) is 7.05 Å². The van der Waals surface area contributed by atoms with Gasteiger partial charge < -0.3 is 14.8 Å². The van der Waals surface area contributed by atoms with E-state index in [1.165, 1.54) is 11.3 Å². The number of carbonyl (C=O) groups excluding carboxylic acids is 3. The number of thiophene rings is 1. The van der Waals surface area contributed by atoms with E-state index in [4.69, 9.17) is 9.47 Å². The van der Waals surface area contributed by atoms with Gasteiger partial charge in [0.05, 0.1) is 17.4 Å². The average molecular weight is 434 g/mol. The van der Waals surface area contributed by atoms with Gasteiger partial charge in [0.1, 0.15) is 10.6 Å². The summed E-state index contributed by atoms with van der Waals surface area (Å²) in [5, 5.41) is 7.39. The number of nitrogens with one attached hydrogen (secondary N) is 1. The van der Waals surface area contributed by atoms with E-state index in [1.54, 1.807) is 39.4 Å². The number of rotatable bonds is 6. The topological polar surface area (TPSA) is 99.5 Å². The summed E-state index contributed by atoms with van der Waals surface area (Å²) in [4.78, 5) is 38.6. The van der Waals surface area contributed by atoms with Crippen molar-refractivity contribution in [3.05, 3.63) is 33.0 Å². The smallest absolute Gasteiger partial charge is 0.342 e. The van der Waals surface area contributed by atoms with Crippen molar-refractivity contribution in [2.45, 2.75) is 59.5 Å². The summed E-state index contributed by atoms with van der Waals surface area (Å²) < 4.78 is 12.2. The van der Waals surface area contributed by atoms with Gasteiger partial charge in [-0.3, -0.25) is 9.48 Å². The molecule has 0 bridgehead atoms. The maximum Gasteiger partial charge on any atom is 0.342 e. The zero-order valence-corrected chi connectivity index (χ0v) is 18.8. The summed E-state index contributed by atoms with van der Waals surface area (Å²) in [5.74, 6) is -1.53. The number of carbonyl (C=O) groups is 3. The second kappa shape index (κ2) is 8.99. The molecule has 0 unspecified atom stereocenters. The van der Waals surface area contributed by atoms with E-state index in [1.807, 2.05) is 0 Å². The van der Waals surface area contributed by atoms with E-state index in [-0.39, 0.29) is 6.10 Å². The van der Waals surface area contributed by atoms with Crippen molar-refractivity contribution in [2.75, 3.05) is 11.9 Å². The molecule has 2 aromatic rings. The number of ether oxygens (including phenoxy) is 2. The van der Waals surface area contributed by atoms with Crippen molar-refractivity contribution < 1.29 is 23.9 Å². The molecule has 0 fully saturated rings. The van der Waals surface area contributed by atoms with Crippen molar-refractivity contribution in [3.8, 4) is 0 Å². The molecule has 0 aliphatic heterocycles. The van der Waals surface area contributed by atoms with Gasteiger partial charge in [-0.1, -0.05) is 0 Å². The van der Waals surface area contributed by atoms with Crippen LogP contribution in [0.2, 0.25) is 0 Å². The Kier molecular flexibility index (Phi) is 6.60. The molecule has 1 aliphatic rings. The molecule has 0 saturated heterocycles. The Labute approximate surface area is 179 Å². The molecule has 0 radical (unpaired) electrons. The predicted molar refractivity (Wildman–Crippen MR) is 113 cm³/mol. The lowest BCUT2D eigenvalue weighted by Crippen LogP contribution is -2.22. The first-order valence-corrected chi connectivity index (χ1v) is 10.8. The fourth-order valence-corrected chi connectivity index (χ4v) is 4.87. The van der Waals surface area contributed by atoms with Gasteiger partial charge >= 0.3 is 11.9 Å². The number of hydrogen-bond acceptors (Lipinski definition) is 7. The van der Waals surface area contributed by atoms with Crippen LogP contribution in [0.3, 0.4) is 0 Å². The zero-order valence-electron chi connectivity index (χ0n) is 18.0. The van der Waals surface area contributed by atoms with E-state index in [2.05, 4.69) is 10.4 Å². The van der Waals surface area contributed by atoms with E-state index >= 15 is 0 Å². The van der Waals surface area contributed by atoms with E-state index in [9.17, 15) is 14.4 Å². The summed E-state index contributed by atoms with van der Waals surface area (Å²) in [7, 11) is 1.74. The average Bonchev–Trinajstić information content (AvgIpc) is 3.15. The van der Waals surface area contributed by atoms with Gasteiger partial charge in [-0.25, -0.2) is 9.59 Å². The zero-order chi connectivity index (χ0) is 22.0. The summed E-state index contributed by atoms with van der Waals surface area (Å²) in [6, 6.07) is 0. The highest BCUT2D eigenvalue weighted by molar-refractivity contribution is 7.17. The molecule has 2 aromatic heterocycles. The minimum atomic E-state index is -0.599. The van der Waals surface area contributed by atoms with Crippen LogP contribution in [0.15, 0.2) is 0 Å². The Morgan fingerprint density at radius 3 is 2.47 bits per heavy atom. The lowest BCUT2D eigenvalue weighted by molar-refractivity contribution is -0.119. The number of hydrogen-bond donors (Lipinski definition) is 1. The number of fused-ring (bicyclic) bond motifs is 1. The summed E-state index contributed by atoms with van der Waals surface area (Å²) >= 11 is 1.40. The van der Waals surface area contributed by atoms with Crippen LogP contribution in [-0.4, -0.2) is 40.3 Å². The monoisotopic (exact) mass is 433 g/mol.